The fraction of sp³-hybridized carbons (Fsp3) is 0.467. The van der Waals surface area contributed by atoms with Gasteiger partial charge in [0.25, 0.3) is 0 Å². The molecule has 21 heavy (non-hydrogen) atoms. The van der Waals surface area contributed by atoms with E-state index in [1.165, 1.54) is 12.8 Å². The van der Waals surface area contributed by atoms with E-state index in [9.17, 15) is 0 Å². The van der Waals surface area contributed by atoms with Crippen molar-refractivity contribution in [2.75, 3.05) is 6.54 Å². The predicted octanol–water partition coefficient (Wildman–Crippen LogP) is 4.39. The summed E-state index contributed by atoms with van der Waals surface area (Å²) in [4.78, 5) is 4.58. The molecule has 0 aliphatic heterocycles. The average molecular weight is 371 g/mol. The van der Waals surface area contributed by atoms with E-state index in [-0.39, 0.29) is 0 Å². The van der Waals surface area contributed by atoms with Gasteiger partial charge in [0.1, 0.15) is 0 Å². The molecule has 1 fully saturated rings. The second-order valence-corrected chi connectivity index (χ2v) is 6.73. The summed E-state index contributed by atoms with van der Waals surface area (Å²) in [6.07, 6.45) is 4.66. The van der Waals surface area contributed by atoms with E-state index in [1.807, 2.05) is 18.2 Å². The maximum atomic E-state index is 6.01. The first kappa shape index (κ1) is 15.0. The van der Waals surface area contributed by atoms with Crippen LogP contribution in [0.2, 0.25) is 5.02 Å². The lowest BCUT2D eigenvalue weighted by molar-refractivity contribution is 0.249. The number of hydrogen-bond donors (Lipinski definition) is 1. The SMILES string of the molecule is NCC1CCCCC1c1nc(-c2ccc(Cl)c(Br)c2)no1. The predicted molar refractivity (Wildman–Crippen MR) is 86.2 cm³/mol. The van der Waals surface area contributed by atoms with E-state index < -0.39 is 0 Å². The number of nitrogens with zero attached hydrogens (tertiary/aromatic N) is 2. The van der Waals surface area contributed by atoms with Crippen molar-refractivity contribution >= 4 is 27.5 Å². The van der Waals surface area contributed by atoms with Crippen LogP contribution in [0, 0.1) is 5.92 Å². The van der Waals surface area contributed by atoms with Crippen molar-refractivity contribution in [3.63, 3.8) is 0 Å². The summed E-state index contributed by atoms with van der Waals surface area (Å²) in [7, 11) is 0. The molecule has 0 radical (unpaired) electrons. The Morgan fingerprint density at radius 3 is 2.90 bits per heavy atom. The first-order chi connectivity index (χ1) is 10.2. The maximum absolute atomic E-state index is 6.01. The quantitative estimate of drug-likeness (QED) is 0.870. The Hall–Kier alpha value is -0.910. The molecule has 0 spiro atoms. The van der Waals surface area contributed by atoms with Crippen molar-refractivity contribution in [2.45, 2.75) is 31.6 Å². The first-order valence-electron chi connectivity index (χ1n) is 7.18. The van der Waals surface area contributed by atoms with Gasteiger partial charge in [-0.05, 0) is 59.4 Å². The van der Waals surface area contributed by atoms with Gasteiger partial charge >= 0.3 is 0 Å². The van der Waals surface area contributed by atoms with Gasteiger partial charge in [-0.15, -0.1) is 0 Å². The highest BCUT2D eigenvalue weighted by atomic mass is 79.9. The highest BCUT2D eigenvalue weighted by molar-refractivity contribution is 9.10. The Morgan fingerprint density at radius 2 is 2.14 bits per heavy atom. The Bertz CT molecular complexity index is 631. The third kappa shape index (κ3) is 3.15. The molecule has 1 aliphatic rings. The van der Waals surface area contributed by atoms with Gasteiger partial charge in [0, 0.05) is 16.0 Å². The van der Waals surface area contributed by atoms with Gasteiger partial charge in [-0.1, -0.05) is 29.6 Å². The number of benzene rings is 1. The van der Waals surface area contributed by atoms with E-state index in [0.29, 0.717) is 35.1 Å². The summed E-state index contributed by atoms with van der Waals surface area (Å²) < 4.78 is 6.32. The molecule has 6 heteroatoms. The lowest BCUT2D eigenvalue weighted by Gasteiger charge is -2.27. The largest absolute Gasteiger partial charge is 0.339 e. The van der Waals surface area contributed by atoms with Gasteiger partial charge < -0.3 is 10.3 Å². The Morgan fingerprint density at radius 1 is 1.33 bits per heavy atom. The molecule has 0 bridgehead atoms. The Labute approximate surface area is 137 Å². The molecule has 3 rings (SSSR count). The van der Waals surface area contributed by atoms with E-state index in [1.54, 1.807) is 0 Å². The molecule has 1 saturated carbocycles. The van der Waals surface area contributed by atoms with Gasteiger partial charge in [0.05, 0.1) is 5.02 Å². The minimum absolute atomic E-state index is 0.292. The van der Waals surface area contributed by atoms with Crippen molar-refractivity contribution in [3.8, 4) is 11.4 Å². The molecular formula is C15H17BrClN3O. The summed E-state index contributed by atoms with van der Waals surface area (Å²) in [6.45, 7) is 0.675. The summed E-state index contributed by atoms with van der Waals surface area (Å²) in [6, 6.07) is 5.61. The van der Waals surface area contributed by atoms with Gasteiger partial charge in [-0.3, -0.25) is 0 Å². The molecule has 2 aromatic rings. The molecule has 1 aromatic carbocycles. The summed E-state index contributed by atoms with van der Waals surface area (Å²) in [5.74, 6) is 2.06. The minimum Gasteiger partial charge on any atom is -0.339 e. The zero-order valence-electron chi connectivity index (χ0n) is 11.6. The van der Waals surface area contributed by atoms with Gasteiger partial charge in [-0.25, -0.2) is 0 Å². The zero-order valence-corrected chi connectivity index (χ0v) is 13.9. The second-order valence-electron chi connectivity index (χ2n) is 5.47. The third-order valence-corrected chi connectivity index (χ3v) is 5.36. The molecule has 2 N–H and O–H groups in total. The smallest absolute Gasteiger partial charge is 0.230 e. The normalized spacial score (nSPS) is 22.4. The third-order valence-electron chi connectivity index (χ3n) is 4.15. The molecule has 2 atom stereocenters. The van der Waals surface area contributed by atoms with Crippen molar-refractivity contribution < 1.29 is 4.52 Å². The van der Waals surface area contributed by atoms with Crippen molar-refractivity contribution in [1.82, 2.24) is 10.1 Å². The van der Waals surface area contributed by atoms with Gasteiger partial charge in [-0.2, -0.15) is 4.98 Å². The van der Waals surface area contributed by atoms with Crippen molar-refractivity contribution in [1.29, 1.82) is 0 Å². The molecule has 1 aliphatic carbocycles. The first-order valence-corrected chi connectivity index (χ1v) is 8.35. The Balaban J connectivity index is 1.86. The summed E-state index contributed by atoms with van der Waals surface area (Å²) >= 11 is 9.42. The van der Waals surface area contributed by atoms with Gasteiger partial charge in [0.2, 0.25) is 11.7 Å². The lowest BCUT2D eigenvalue weighted by atomic mass is 9.79. The van der Waals surface area contributed by atoms with Crippen LogP contribution >= 0.6 is 27.5 Å². The van der Waals surface area contributed by atoms with Crippen LogP contribution in [0.1, 0.15) is 37.5 Å². The molecule has 4 nitrogen and oxygen atoms in total. The average Bonchev–Trinajstić information content (AvgIpc) is 2.99. The number of aromatic nitrogens is 2. The van der Waals surface area contributed by atoms with Crippen LogP contribution in [0.4, 0.5) is 0 Å². The van der Waals surface area contributed by atoms with Crippen molar-refractivity contribution in [3.05, 3.63) is 33.6 Å². The number of halogens is 2. The van der Waals surface area contributed by atoms with E-state index in [2.05, 4.69) is 26.1 Å². The molecule has 1 heterocycles. The van der Waals surface area contributed by atoms with Crippen LogP contribution in [-0.4, -0.2) is 16.7 Å². The fourth-order valence-corrected chi connectivity index (χ4v) is 3.45. The van der Waals surface area contributed by atoms with E-state index >= 15 is 0 Å². The van der Waals surface area contributed by atoms with Crippen molar-refractivity contribution in [2.24, 2.45) is 11.7 Å². The number of rotatable bonds is 3. The Kier molecular flexibility index (Phi) is 4.62. The van der Waals surface area contributed by atoms with Crippen LogP contribution in [-0.2, 0) is 0 Å². The zero-order chi connectivity index (χ0) is 14.8. The van der Waals surface area contributed by atoms with E-state index in [4.69, 9.17) is 21.9 Å². The van der Waals surface area contributed by atoms with E-state index in [0.717, 1.165) is 22.9 Å². The van der Waals surface area contributed by atoms with Crippen LogP contribution in [0.25, 0.3) is 11.4 Å². The summed E-state index contributed by atoms with van der Waals surface area (Å²) in [5.41, 5.74) is 6.76. The molecule has 2 unspecified atom stereocenters. The minimum atomic E-state index is 0.292. The topological polar surface area (TPSA) is 64.9 Å². The monoisotopic (exact) mass is 369 g/mol. The molecule has 112 valence electrons. The fourth-order valence-electron chi connectivity index (χ4n) is 2.95. The van der Waals surface area contributed by atoms with Gasteiger partial charge in [0.15, 0.2) is 0 Å². The second kappa shape index (κ2) is 6.46. The van der Waals surface area contributed by atoms with Crippen LogP contribution in [0.15, 0.2) is 27.2 Å². The lowest BCUT2D eigenvalue weighted by Crippen LogP contribution is -2.25. The maximum Gasteiger partial charge on any atom is 0.230 e. The van der Waals surface area contributed by atoms with Crippen LogP contribution in [0.5, 0.6) is 0 Å². The molecule has 1 aromatic heterocycles. The highest BCUT2D eigenvalue weighted by Gasteiger charge is 2.30. The summed E-state index contributed by atoms with van der Waals surface area (Å²) in [5, 5.41) is 4.78. The number of hydrogen-bond acceptors (Lipinski definition) is 4. The van der Waals surface area contributed by atoms with Crippen LogP contribution in [0.3, 0.4) is 0 Å². The molecular weight excluding hydrogens is 354 g/mol. The molecule has 0 amide bonds. The molecule has 0 saturated heterocycles. The highest BCUT2D eigenvalue weighted by Crippen LogP contribution is 2.37. The standard InChI is InChI=1S/C15H17BrClN3O/c16-12-7-9(5-6-13(12)17)14-19-15(21-20-14)11-4-2-1-3-10(11)8-18/h5-7,10-11H,1-4,8,18H2. The van der Waals surface area contributed by atoms with Crippen LogP contribution < -0.4 is 5.73 Å². The number of nitrogens with two attached hydrogens (primary N) is 1.